The molecule has 0 radical (unpaired) electrons. The number of alkyl halides is 3. The lowest BCUT2D eigenvalue weighted by Crippen LogP contribution is -2.48. The number of aryl methyl sites for hydroxylation is 1. The van der Waals surface area contributed by atoms with Gasteiger partial charge in [-0.1, -0.05) is 0 Å². The predicted molar refractivity (Wildman–Crippen MR) is 103 cm³/mol. The molecule has 4 heterocycles. The summed E-state index contributed by atoms with van der Waals surface area (Å²) >= 11 is 0. The van der Waals surface area contributed by atoms with E-state index in [0.29, 0.717) is 38.3 Å². The average molecular weight is 423 g/mol. The summed E-state index contributed by atoms with van der Waals surface area (Å²) in [4.78, 5) is 18.1. The second kappa shape index (κ2) is 8.49. The Morgan fingerprint density at radius 1 is 1.13 bits per heavy atom. The molecule has 0 saturated carbocycles. The molecule has 2 aromatic heterocycles. The quantitative estimate of drug-likeness (QED) is 0.789. The van der Waals surface area contributed by atoms with E-state index in [2.05, 4.69) is 30.4 Å². The van der Waals surface area contributed by atoms with E-state index in [1.165, 1.54) is 6.07 Å². The number of halogens is 3. The van der Waals surface area contributed by atoms with E-state index in [1.807, 2.05) is 4.90 Å². The Kier molecular flexibility index (Phi) is 5.78. The number of anilines is 1. The van der Waals surface area contributed by atoms with Crippen molar-refractivity contribution in [2.24, 2.45) is 0 Å². The SMILES string of the molecule is O=C(NCc1nnc2n1CCCC2)NC1CCN(c2ccc(C(F)(F)F)cn2)CC1. The van der Waals surface area contributed by atoms with E-state index >= 15 is 0 Å². The summed E-state index contributed by atoms with van der Waals surface area (Å²) in [6, 6.07) is 2.18. The van der Waals surface area contributed by atoms with Crippen molar-refractivity contribution < 1.29 is 18.0 Å². The van der Waals surface area contributed by atoms with Gasteiger partial charge in [-0.05, 0) is 37.8 Å². The number of urea groups is 1. The van der Waals surface area contributed by atoms with Crippen molar-refractivity contribution in [1.29, 1.82) is 0 Å². The highest BCUT2D eigenvalue weighted by Gasteiger charge is 2.31. The zero-order valence-electron chi connectivity index (χ0n) is 16.5. The van der Waals surface area contributed by atoms with Gasteiger partial charge in [0.2, 0.25) is 0 Å². The van der Waals surface area contributed by atoms with Crippen LogP contribution in [0.3, 0.4) is 0 Å². The molecular formula is C19H24F3N7O. The molecule has 2 amide bonds. The van der Waals surface area contributed by atoms with Gasteiger partial charge in [0.25, 0.3) is 0 Å². The Labute approximate surface area is 171 Å². The summed E-state index contributed by atoms with van der Waals surface area (Å²) in [7, 11) is 0. The Morgan fingerprint density at radius 3 is 2.63 bits per heavy atom. The van der Waals surface area contributed by atoms with Gasteiger partial charge < -0.3 is 20.1 Å². The third kappa shape index (κ3) is 4.65. The molecule has 8 nitrogen and oxygen atoms in total. The number of piperidine rings is 1. The molecule has 0 atom stereocenters. The van der Waals surface area contributed by atoms with Crippen LogP contribution in [0.25, 0.3) is 0 Å². The van der Waals surface area contributed by atoms with Gasteiger partial charge >= 0.3 is 12.2 Å². The molecule has 2 N–H and O–H groups in total. The topological polar surface area (TPSA) is 88.0 Å². The summed E-state index contributed by atoms with van der Waals surface area (Å²) in [5, 5.41) is 14.1. The summed E-state index contributed by atoms with van der Waals surface area (Å²) in [6.45, 7) is 2.44. The predicted octanol–water partition coefficient (Wildman–Crippen LogP) is 2.50. The highest BCUT2D eigenvalue weighted by molar-refractivity contribution is 5.74. The highest BCUT2D eigenvalue weighted by Crippen LogP contribution is 2.29. The minimum absolute atomic E-state index is 0.00279. The van der Waals surface area contributed by atoms with Crippen molar-refractivity contribution in [3.05, 3.63) is 35.5 Å². The molecule has 0 aromatic carbocycles. The van der Waals surface area contributed by atoms with Gasteiger partial charge in [-0.15, -0.1) is 10.2 Å². The van der Waals surface area contributed by atoms with Crippen molar-refractivity contribution in [2.45, 2.75) is 57.4 Å². The Hall–Kier alpha value is -2.85. The number of rotatable bonds is 4. The first kappa shape index (κ1) is 20.4. The largest absolute Gasteiger partial charge is 0.417 e. The van der Waals surface area contributed by atoms with E-state index < -0.39 is 11.7 Å². The van der Waals surface area contributed by atoms with Gasteiger partial charge in [-0.3, -0.25) is 0 Å². The van der Waals surface area contributed by atoms with E-state index in [4.69, 9.17) is 0 Å². The third-order valence-electron chi connectivity index (χ3n) is 5.57. The molecule has 2 aromatic rings. The van der Waals surface area contributed by atoms with Crippen LogP contribution in [0.4, 0.5) is 23.8 Å². The zero-order chi connectivity index (χ0) is 21.1. The van der Waals surface area contributed by atoms with Gasteiger partial charge in [0, 0.05) is 38.3 Å². The molecule has 2 aliphatic rings. The number of fused-ring (bicyclic) bond motifs is 1. The van der Waals surface area contributed by atoms with Crippen LogP contribution in [-0.2, 0) is 25.7 Å². The zero-order valence-corrected chi connectivity index (χ0v) is 16.5. The smallest absolute Gasteiger partial charge is 0.356 e. The summed E-state index contributed by atoms with van der Waals surface area (Å²) < 4.78 is 40.1. The van der Waals surface area contributed by atoms with Gasteiger partial charge in [0.1, 0.15) is 11.6 Å². The standard InChI is InChI=1S/C19H24F3N7O/c20-19(21,22)13-4-5-15(23-11-13)28-9-6-14(7-10-28)25-18(30)24-12-17-27-26-16-3-1-2-8-29(16)17/h4-5,11,14H,1-3,6-10,12H2,(H2,24,25,30). The minimum atomic E-state index is -4.39. The van der Waals surface area contributed by atoms with E-state index in [1.54, 1.807) is 0 Å². The van der Waals surface area contributed by atoms with Crippen LogP contribution < -0.4 is 15.5 Å². The first-order valence-corrected chi connectivity index (χ1v) is 10.1. The maximum Gasteiger partial charge on any atom is 0.417 e. The van der Waals surface area contributed by atoms with Crippen LogP contribution >= 0.6 is 0 Å². The lowest BCUT2D eigenvalue weighted by molar-refractivity contribution is -0.137. The number of carbonyl (C=O) groups excluding carboxylic acids is 1. The highest BCUT2D eigenvalue weighted by atomic mass is 19.4. The normalized spacial score (nSPS) is 17.5. The number of carbonyl (C=O) groups is 1. The molecule has 1 fully saturated rings. The van der Waals surface area contributed by atoms with Crippen LogP contribution in [0.15, 0.2) is 18.3 Å². The fourth-order valence-corrected chi connectivity index (χ4v) is 3.89. The monoisotopic (exact) mass is 423 g/mol. The number of hydrogen-bond donors (Lipinski definition) is 2. The van der Waals surface area contributed by atoms with Crippen LogP contribution in [0.1, 0.15) is 42.9 Å². The fraction of sp³-hybridized carbons (Fsp3) is 0.579. The number of nitrogens with one attached hydrogen (secondary N) is 2. The molecular weight excluding hydrogens is 399 g/mol. The van der Waals surface area contributed by atoms with Gasteiger partial charge in [-0.25, -0.2) is 9.78 Å². The Bertz CT molecular complexity index is 873. The summed E-state index contributed by atoms with van der Waals surface area (Å²) in [5.74, 6) is 2.26. The minimum Gasteiger partial charge on any atom is -0.356 e. The molecule has 2 aliphatic heterocycles. The van der Waals surface area contributed by atoms with Crippen molar-refractivity contribution in [3.8, 4) is 0 Å². The Morgan fingerprint density at radius 2 is 1.93 bits per heavy atom. The van der Waals surface area contributed by atoms with Crippen LogP contribution in [0, 0.1) is 0 Å². The van der Waals surface area contributed by atoms with Crippen molar-refractivity contribution >= 4 is 11.8 Å². The molecule has 4 rings (SSSR count). The maximum atomic E-state index is 12.7. The first-order valence-electron chi connectivity index (χ1n) is 10.1. The van der Waals surface area contributed by atoms with Crippen LogP contribution in [0.5, 0.6) is 0 Å². The molecule has 0 spiro atoms. The lowest BCUT2D eigenvalue weighted by Gasteiger charge is -2.33. The van der Waals surface area contributed by atoms with E-state index in [9.17, 15) is 18.0 Å². The van der Waals surface area contributed by atoms with Crippen molar-refractivity contribution in [1.82, 2.24) is 30.4 Å². The molecule has 162 valence electrons. The summed E-state index contributed by atoms with van der Waals surface area (Å²) in [6.07, 6.45) is 0.986. The lowest BCUT2D eigenvalue weighted by atomic mass is 10.1. The molecule has 30 heavy (non-hydrogen) atoms. The van der Waals surface area contributed by atoms with Gasteiger partial charge in [0.15, 0.2) is 5.82 Å². The second-order valence-electron chi connectivity index (χ2n) is 7.63. The van der Waals surface area contributed by atoms with Crippen molar-refractivity contribution in [3.63, 3.8) is 0 Å². The number of hydrogen-bond acceptors (Lipinski definition) is 5. The van der Waals surface area contributed by atoms with Crippen LogP contribution in [-0.4, -0.2) is 44.9 Å². The van der Waals surface area contributed by atoms with E-state index in [-0.39, 0.29) is 12.1 Å². The molecule has 0 aliphatic carbocycles. The third-order valence-corrected chi connectivity index (χ3v) is 5.57. The van der Waals surface area contributed by atoms with Crippen molar-refractivity contribution in [2.75, 3.05) is 18.0 Å². The number of nitrogens with zero attached hydrogens (tertiary/aromatic N) is 5. The van der Waals surface area contributed by atoms with Gasteiger partial charge in [0.05, 0.1) is 12.1 Å². The first-order chi connectivity index (χ1) is 14.4. The van der Waals surface area contributed by atoms with Gasteiger partial charge in [-0.2, -0.15) is 13.2 Å². The molecule has 0 bridgehead atoms. The maximum absolute atomic E-state index is 12.7. The number of pyridine rings is 1. The van der Waals surface area contributed by atoms with E-state index in [0.717, 1.165) is 49.7 Å². The molecule has 1 saturated heterocycles. The number of aromatic nitrogens is 4. The molecule has 11 heteroatoms. The fourth-order valence-electron chi connectivity index (χ4n) is 3.89. The average Bonchev–Trinajstić information content (AvgIpc) is 3.15. The van der Waals surface area contributed by atoms with Crippen LogP contribution in [0.2, 0.25) is 0 Å². The molecule has 0 unspecified atom stereocenters. The number of amides is 2. The Balaban J connectivity index is 1.23. The summed E-state index contributed by atoms with van der Waals surface area (Å²) in [5.41, 5.74) is -0.756. The second-order valence-corrected chi connectivity index (χ2v) is 7.63.